The molecule has 2 atom stereocenters. The second-order valence-electron chi connectivity index (χ2n) is 10.1. The van der Waals surface area contributed by atoms with Crippen LogP contribution in [0.5, 0.6) is 0 Å². The molecular formula is C28H46O4S. The summed E-state index contributed by atoms with van der Waals surface area (Å²) in [6.07, 6.45) is 7.05. The summed E-state index contributed by atoms with van der Waals surface area (Å²) in [6.45, 7) is 10.4. The van der Waals surface area contributed by atoms with Gasteiger partial charge in [-0.25, -0.2) is 0 Å². The zero-order valence-electron chi connectivity index (χ0n) is 21.8. The molecule has 0 bridgehead atoms. The van der Waals surface area contributed by atoms with Gasteiger partial charge in [0.25, 0.3) is 0 Å². The molecule has 0 saturated carbocycles. The van der Waals surface area contributed by atoms with E-state index >= 15 is 0 Å². The van der Waals surface area contributed by atoms with E-state index in [1.807, 2.05) is 11.8 Å². The Hall–Kier alpha value is -1.33. The van der Waals surface area contributed by atoms with Crippen molar-refractivity contribution < 1.29 is 19.1 Å². The van der Waals surface area contributed by atoms with Crippen LogP contribution in [0, 0.1) is 0 Å². The van der Waals surface area contributed by atoms with Gasteiger partial charge in [-0.15, -0.1) is 0 Å². The summed E-state index contributed by atoms with van der Waals surface area (Å²) in [5, 5.41) is 0. The highest BCUT2D eigenvalue weighted by molar-refractivity contribution is 7.98. The van der Waals surface area contributed by atoms with Gasteiger partial charge < -0.3 is 9.47 Å². The highest BCUT2D eigenvalue weighted by atomic mass is 32.2. The fourth-order valence-electron chi connectivity index (χ4n) is 3.74. The molecule has 0 aliphatic heterocycles. The third-order valence-corrected chi connectivity index (χ3v) is 6.94. The van der Waals surface area contributed by atoms with Gasteiger partial charge >= 0.3 is 5.97 Å². The van der Waals surface area contributed by atoms with Crippen molar-refractivity contribution in [3.63, 3.8) is 0 Å². The molecule has 4 nitrogen and oxygen atoms in total. The van der Waals surface area contributed by atoms with E-state index in [4.69, 9.17) is 9.47 Å². The molecule has 1 aromatic rings. The van der Waals surface area contributed by atoms with Crippen molar-refractivity contribution in [3.05, 3.63) is 35.4 Å². The molecule has 0 heterocycles. The van der Waals surface area contributed by atoms with Crippen LogP contribution in [0.3, 0.4) is 0 Å². The van der Waals surface area contributed by atoms with Crippen LogP contribution in [0.4, 0.5) is 0 Å². The van der Waals surface area contributed by atoms with Crippen molar-refractivity contribution in [2.45, 2.75) is 116 Å². The van der Waals surface area contributed by atoms with Crippen LogP contribution in [0.1, 0.15) is 104 Å². The van der Waals surface area contributed by atoms with Crippen LogP contribution in [0.2, 0.25) is 0 Å². The van der Waals surface area contributed by atoms with E-state index < -0.39 is 0 Å². The third kappa shape index (κ3) is 13.8. The zero-order chi connectivity index (χ0) is 24.7. The number of unbranched alkanes of at least 4 members (excludes halogenated alkanes) is 3. The Morgan fingerprint density at radius 3 is 2.15 bits per heavy atom. The van der Waals surface area contributed by atoms with E-state index in [0.717, 1.165) is 56.5 Å². The SMILES string of the molecule is CCCCCC(CC(C)=O)OC(=O)CC(CCCCSCc1ccc(C(C)(C)C)cc1)OC. The number of rotatable bonds is 17. The molecule has 0 spiro atoms. The predicted molar refractivity (Wildman–Crippen MR) is 140 cm³/mol. The molecule has 0 N–H and O–H groups in total. The first-order valence-electron chi connectivity index (χ1n) is 12.5. The molecule has 0 amide bonds. The maximum atomic E-state index is 12.4. The summed E-state index contributed by atoms with van der Waals surface area (Å²) in [5.41, 5.74) is 2.93. The molecule has 2 unspecified atom stereocenters. The lowest BCUT2D eigenvalue weighted by Crippen LogP contribution is -2.25. The maximum Gasteiger partial charge on any atom is 0.308 e. The Labute approximate surface area is 206 Å². The van der Waals surface area contributed by atoms with Gasteiger partial charge in [0.2, 0.25) is 0 Å². The van der Waals surface area contributed by atoms with Gasteiger partial charge in [-0.3, -0.25) is 9.59 Å². The van der Waals surface area contributed by atoms with Crippen molar-refractivity contribution >= 4 is 23.5 Å². The van der Waals surface area contributed by atoms with Crippen molar-refractivity contribution in [1.29, 1.82) is 0 Å². The van der Waals surface area contributed by atoms with E-state index in [-0.39, 0.29) is 35.8 Å². The Morgan fingerprint density at radius 2 is 1.58 bits per heavy atom. The van der Waals surface area contributed by atoms with Crippen molar-refractivity contribution in [1.82, 2.24) is 0 Å². The minimum absolute atomic E-state index is 0.0650. The highest BCUT2D eigenvalue weighted by Crippen LogP contribution is 2.24. The Kier molecular flexibility index (Phi) is 14.7. The van der Waals surface area contributed by atoms with Gasteiger partial charge in [0.15, 0.2) is 0 Å². The maximum absolute atomic E-state index is 12.4. The monoisotopic (exact) mass is 478 g/mol. The molecule has 1 aromatic carbocycles. The summed E-state index contributed by atoms with van der Waals surface area (Å²) in [5.74, 6) is 1.94. The summed E-state index contributed by atoms with van der Waals surface area (Å²) in [7, 11) is 1.66. The molecule has 5 heteroatoms. The van der Waals surface area contributed by atoms with E-state index in [1.54, 1.807) is 14.0 Å². The minimum Gasteiger partial charge on any atom is -0.462 e. The highest BCUT2D eigenvalue weighted by Gasteiger charge is 2.20. The molecule has 0 aromatic heterocycles. The van der Waals surface area contributed by atoms with Crippen molar-refractivity contribution in [2.24, 2.45) is 0 Å². The number of hydrogen-bond acceptors (Lipinski definition) is 5. The van der Waals surface area contributed by atoms with Crippen LogP contribution >= 0.6 is 11.8 Å². The third-order valence-electron chi connectivity index (χ3n) is 5.82. The quantitative estimate of drug-likeness (QED) is 0.174. The zero-order valence-corrected chi connectivity index (χ0v) is 22.6. The fraction of sp³-hybridized carbons (Fsp3) is 0.714. The largest absolute Gasteiger partial charge is 0.462 e. The summed E-state index contributed by atoms with van der Waals surface area (Å²) >= 11 is 1.95. The van der Waals surface area contributed by atoms with Crippen LogP contribution < -0.4 is 0 Å². The van der Waals surface area contributed by atoms with Gasteiger partial charge in [-0.1, -0.05) is 71.2 Å². The number of carbonyl (C=O) groups is 2. The van der Waals surface area contributed by atoms with Crippen molar-refractivity contribution in [3.8, 4) is 0 Å². The molecule has 0 aliphatic rings. The molecule has 0 fully saturated rings. The van der Waals surface area contributed by atoms with Gasteiger partial charge in [0, 0.05) is 19.3 Å². The second kappa shape index (κ2) is 16.3. The summed E-state index contributed by atoms with van der Waals surface area (Å²) in [6, 6.07) is 8.95. The first-order valence-corrected chi connectivity index (χ1v) is 13.7. The molecule has 0 radical (unpaired) electrons. The first-order chi connectivity index (χ1) is 15.7. The smallest absolute Gasteiger partial charge is 0.308 e. The average molecular weight is 479 g/mol. The Balaban J connectivity index is 2.28. The Morgan fingerprint density at radius 1 is 0.939 bits per heavy atom. The standard InChI is InChI=1S/C28H46O4S/c1-7-8-9-13-26(19-22(2)29)32-27(30)20-25(31-6)12-10-11-18-33-21-23-14-16-24(17-15-23)28(3,4)5/h14-17,25-26H,7-13,18-21H2,1-6H3. The van der Waals surface area contributed by atoms with E-state index in [1.165, 1.54) is 11.1 Å². The number of ether oxygens (including phenoxy) is 2. The lowest BCUT2D eigenvalue weighted by Gasteiger charge is -2.19. The molecule has 0 aliphatic carbocycles. The Bertz CT molecular complexity index is 678. The van der Waals surface area contributed by atoms with E-state index in [9.17, 15) is 9.59 Å². The van der Waals surface area contributed by atoms with Crippen LogP contribution in [-0.2, 0) is 30.2 Å². The molecular weight excluding hydrogens is 432 g/mol. The molecule has 1 rings (SSSR count). The van der Waals surface area contributed by atoms with Crippen molar-refractivity contribution in [2.75, 3.05) is 12.9 Å². The summed E-state index contributed by atoms with van der Waals surface area (Å²) in [4.78, 5) is 23.9. The van der Waals surface area contributed by atoms with E-state index in [0.29, 0.717) is 6.42 Å². The lowest BCUT2D eigenvalue weighted by molar-refractivity contribution is -0.153. The molecule has 188 valence electrons. The molecule has 33 heavy (non-hydrogen) atoms. The first kappa shape index (κ1) is 29.7. The van der Waals surface area contributed by atoms with Crippen LogP contribution in [0.25, 0.3) is 0 Å². The minimum atomic E-state index is -0.298. The van der Waals surface area contributed by atoms with Crippen LogP contribution in [-0.4, -0.2) is 36.8 Å². The number of esters is 1. The number of methoxy groups -OCH3 is 1. The van der Waals surface area contributed by atoms with Gasteiger partial charge in [0.05, 0.1) is 12.5 Å². The second-order valence-corrected chi connectivity index (χ2v) is 11.2. The molecule has 0 saturated heterocycles. The van der Waals surface area contributed by atoms with Gasteiger partial charge in [-0.05, 0) is 54.9 Å². The lowest BCUT2D eigenvalue weighted by atomic mass is 9.87. The number of carbonyl (C=O) groups excluding carboxylic acids is 2. The van der Waals surface area contributed by atoms with Gasteiger partial charge in [0.1, 0.15) is 11.9 Å². The van der Waals surface area contributed by atoms with Crippen LogP contribution in [0.15, 0.2) is 24.3 Å². The number of hydrogen-bond donors (Lipinski definition) is 0. The summed E-state index contributed by atoms with van der Waals surface area (Å²) < 4.78 is 11.1. The predicted octanol–water partition coefficient (Wildman–Crippen LogP) is 7.26. The topological polar surface area (TPSA) is 52.6 Å². The van der Waals surface area contributed by atoms with Gasteiger partial charge in [-0.2, -0.15) is 11.8 Å². The number of benzene rings is 1. The number of thioether (sulfide) groups is 1. The average Bonchev–Trinajstić information content (AvgIpc) is 2.74. The number of Topliss-reactive ketones (excluding diaryl/α,β-unsaturated/α-hetero) is 1. The van der Waals surface area contributed by atoms with E-state index in [2.05, 4.69) is 52.0 Å². The normalized spacial score (nSPS) is 13.5. The fourth-order valence-corrected chi connectivity index (χ4v) is 4.72. The number of ketones is 1.